The smallest absolute Gasteiger partial charge is 0.410 e. The number of hydrogen-bond acceptors (Lipinski definition) is 5. The number of rotatable bonds is 4. The molecular formula is C28H36N4O4. The van der Waals surface area contributed by atoms with Crippen molar-refractivity contribution in [2.45, 2.75) is 65.7 Å². The van der Waals surface area contributed by atoms with Crippen LogP contribution < -0.4 is 5.32 Å². The van der Waals surface area contributed by atoms with Crippen molar-refractivity contribution >= 4 is 17.6 Å². The molecule has 0 spiro atoms. The Bertz CT molecular complexity index is 1290. The molecule has 192 valence electrons. The fourth-order valence-corrected chi connectivity index (χ4v) is 4.55. The molecule has 1 aliphatic rings. The number of aromatic nitrogens is 2. The number of ether oxygens (including phenoxy) is 2. The molecule has 4 rings (SSSR count). The number of benzene rings is 1. The van der Waals surface area contributed by atoms with Gasteiger partial charge in [0.15, 0.2) is 0 Å². The standard InChI is InChI=1S/C28H36N4O4/c1-17-10-11-31-23(14-21-15-32(19(3)16-35-21)27(34)36-28(4,5)6)25(30-24(31)12-17)22-9-8-20(13-18(22)2)26(33)29-7/h8-13,19,21H,14-16H2,1-7H3,(H,29,33)/t19-,21-/m0/s1. The SMILES string of the molecule is CNC(=O)c1ccc(-c2nc3cc(C)ccn3c2C[C@H]2CN(C(=O)OC(C)(C)C)[C@@H](C)CO2)c(C)c1. The number of hydrogen-bond donors (Lipinski definition) is 1. The number of fused-ring (bicyclic) bond motifs is 1. The molecule has 0 unspecified atom stereocenters. The number of carbonyl (C=O) groups is 2. The van der Waals surface area contributed by atoms with Crippen LogP contribution in [-0.2, 0) is 15.9 Å². The summed E-state index contributed by atoms with van der Waals surface area (Å²) in [5.41, 5.74) is 5.81. The second kappa shape index (κ2) is 9.93. The number of nitrogens with zero attached hydrogens (tertiary/aromatic N) is 3. The van der Waals surface area contributed by atoms with Crippen molar-refractivity contribution in [2.75, 3.05) is 20.2 Å². The molecule has 0 saturated carbocycles. The van der Waals surface area contributed by atoms with E-state index in [1.807, 2.05) is 65.9 Å². The van der Waals surface area contributed by atoms with Crippen LogP contribution in [-0.4, -0.2) is 64.2 Å². The molecule has 8 nitrogen and oxygen atoms in total. The van der Waals surface area contributed by atoms with Gasteiger partial charge in [0.05, 0.1) is 36.7 Å². The molecule has 1 saturated heterocycles. The molecule has 1 fully saturated rings. The highest BCUT2D eigenvalue weighted by Crippen LogP contribution is 2.31. The average molecular weight is 493 g/mol. The first-order valence-electron chi connectivity index (χ1n) is 12.4. The number of amides is 2. The van der Waals surface area contributed by atoms with Crippen LogP contribution in [0.1, 0.15) is 54.9 Å². The van der Waals surface area contributed by atoms with Crippen LogP contribution >= 0.6 is 0 Å². The summed E-state index contributed by atoms with van der Waals surface area (Å²) in [5, 5.41) is 2.67. The Hall–Kier alpha value is -3.39. The molecule has 1 aromatic carbocycles. The lowest BCUT2D eigenvalue weighted by Gasteiger charge is -2.38. The van der Waals surface area contributed by atoms with Gasteiger partial charge in [0.25, 0.3) is 5.91 Å². The summed E-state index contributed by atoms with van der Waals surface area (Å²) in [6, 6.07) is 9.70. The minimum Gasteiger partial charge on any atom is -0.444 e. The van der Waals surface area contributed by atoms with E-state index in [0.29, 0.717) is 25.1 Å². The lowest BCUT2D eigenvalue weighted by Crippen LogP contribution is -2.52. The van der Waals surface area contributed by atoms with E-state index >= 15 is 0 Å². The summed E-state index contributed by atoms with van der Waals surface area (Å²) < 4.78 is 13.9. The first-order valence-corrected chi connectivity index (χ1v) is 12.4. The topological polar surface area (TPSA) is 85.2 Å². The van der Waals surface area contributed by atoms with Crippen LogP contribution in [0.5, 0.6) is 0 Å². The van der Waals surface area contributed by atoms with Crippen LogP contribution in [0, 0.1) is 13.8 Å². The van der Waals surface area contributed by atoms with Gasteiger partial charge in [0.1, 0.15) is 11.2 Å². The normalized spacial score (nSPS) is 18.4. The Balaban J connectivity index is 1.69. The Kier molecular flexibility index (Phi) is 7.09. The number of pyridine rings is 1. The van der Waals surface area contributed by atoms with Gasteiger partial charge in [-0.3, -0.25) is 4.79 Å². The molecule has 0 bridgehead atoms. The van der Waals surface area contributed by atoms with Gasteiger partial charge < -0.3 is 24.1 Å². The molecule has 0 radical (unpaired) electrons. The molecule has 0 aliphatic carbocycles. The number of imidazole rings is 1. The minimum atomic E-state index is -0.560. The zero-order valence-corrected chi connectivity index (χ0v) is 22.2. The summed E-state index contributed by atoms with van der Waals surface area (Å²) in [5.74, 6) is -0.123. The molecular weight excluding hydrogens is 456 g/mol. The number of morpholine rings is 1. The van der Waals surface area contributed by atoms with Crippen molar-refractivity contribution in [3.8, 4) is 11.3 Å². The first kappa shape index (κ1) is 25.7. The molecule has 36 heavy (non-hydrogen) atoms. The van der Waals surface area contributed by atoms with Gasteiger partial charge in [-0.05, 0) is 76.9 Å². The van der Waals surface area contributed by atoms with E-state index in [9.17, 15) is 9.59 Å². The van der Waals surface area contributed by atoms with Gasteiger partial charge in [0.2, 0.25) is 0 Å². The number of aryl methyl sites for hydroxylation is 2. The summed E-state index contributed by atoms with van der Waals surface area (Å²) in [6.45, 7) is 12.5. The third-order valence-electron chi connectivity index (χ3n) is 6.41. The highest BCUT2D eigenvalue weighted by atomic mass is 16.6. The van der Waals surface area contributed by atoms with Crippen LogP contribution in [0.15, 0.2) is 36.5 Å². The van der Waals surface area contributed by atoms with Crippen molar-refractivity contribution in [3.63, 3.8) is 0 Å². The highest BCUT2D eigenvalue weighted by Gasteiger charge is 2.34. The van der Waals surface area contributed by atoms with E-state index in [1.165, 1.54) is 0 Å². The zero-order valence-electron chi connectivity index (χ0n) is 22.2. The molecule has 1 N–H and O–H groups in total. The van der Waals surface area contributed by atoms with E-state index in [4.69, 9.17) is 14.5 Å². The molecule has 1 aliphatic heterocycles. The third kappa shape index (κ3) is 5.38. The maximum absolute atomic E-state index is 12.9. The van der Waals surface area contributed by atoms with Gasteiger partial charge in [-0.1, -0.05) is 6.07 Å². The largest absolute Gasteiger partial charge is 0.444 e. The Morgan fingerprint density at radius 2 is 1.94 bits per heavy atom. The molecule has 8 heteroatoms. The quantitative estimate of drug-likeness (QED) is 0.578. The molecule has 2 amide bonds. The third-order valence-corrected chi connectivity index (χ3v) is 6.41. The van der Waals surface area contributed by atoms with Gasteiger partial charge in [-0.2, -0.15) is 0 Å². The van der Waals surface area contributed by atoms with Crippen LogP contribution in [0.25, 0.3) is 16.9 Å². The molecule has 2 atom stereocenters. The monoisotopic (exact) mass is 492 g/mol. The lowest BCUT2D eigenvalue weighted by atomic mass is 9.99. The fourth-order valence-electron chi connectivity index (χ4n) is 4.55. The second-order valence-electron chi connectivity index (χ2n) is 10.6. The number of nitrogens with one attached hydrogen (secondary N) is 1. The summed E-state index contributed by atoms with van der Waals surface area (Å²) in [6.07, 6.45) is 2.07. The molecule has 3 aromatic rings. The minimum absolute atomic E-state index is 0.0695. The van der Waals surface area contributed by atoms with E-state index in [2.05, 4.69) is 21.9 Å². The predicted molar refractivity (Wildman–Crippen MR) is 139 cm³/mol. The first-order chi connectivity index (χ1) is 17.0. The van der Waals surface area contributed by atoms with Gasteiger partial charge in [-0.25, -0.2) is 9.78 Å². The van der Waals surface area contributed by atoms with Crippen molar-refractivity contribution < 1.29 is 19.1 Å². The fraction of sp³-hybridized carbons (Fsp3) is 0.464. The van der Waals surface area contributed by atoms with Crippen molar-refractivity contribution in [3.05, 3.63) is 58.9 Å². The molecule has 2 aromatic heterocycles. The lowest BCUT2D eigenvalue weighted by molar-refractivity contribution is -0.0650. The van der Waals surface area contributed by atoms with Gasteiger partial charge in [0, 0.05) is 30.8 Å². The highest BCUT2D eigenvalue weighted by molar-refractivity contribution is 5.95. The van der Waals surface area contributed by atoms with E-state index in [0.717, 1.165) is 33.7 Å². The number of carbonyl (C=O) groups excluding carboxylic acids is 2. The Morgan fingerprint density at radius 1 is 1.19 bits per heavy atom. The Morgan fingerprint density at radius 3 is 2.61 bits per heavy atom. The van der Waals surface area contributed by atoms with E-state index in [1.54, 1.807) is 11.9 Å². The zero-order chi connectivity index (χ0) is 26.2. The maximum atomic E-state index is 12.9. The van der Waals surface area contributed by atoms with Crippen LogP contribution in [0.3, 0.4) is 0 Å². The van der Waals surface area contributed by atoms with E-state index in [-0.39, 0.29) is 24.1 Å². The average Bonchev–Trinajstić information content (AvgIpc) is 3.15. The summed E-state index contributed by atoms with van der Waals surface area (Å²) >= 11 is 0. The van der Waals surface area contributed by atoms with Crippen molar-refractivity contribution in [2.24, 2.45) is 0 Å². The molecule has 3 heterocycles. The summed E-state index contributed by atoms with van der Waals surface area (Å²) in [4.78, 5) is 31.7. The second-order valence-corrected chi connectivity index (χ2v) is 10.6. The van der Waals surface area contributed by atoms with Crippen molar-refractivity contribution in [1.82, 2.24) is 19.6 Å². The van der Waals surface area contributed by atoms with Crippen molar-refractivity contribution in [1.29, 1.82) is 0 Å². The van der Waals surface area contributed by atoms with E-state index < -0.39 is 5.60 Å². The maximum Gasteiger partial charge on any atom is 0.410 e. The van der Waals surface area contributed by atoms with Crippen LogP contribution in [0.4, 0.5) is 4.79 Å². The van der Waals surface area contributed by atoms with Gasteiger partial charge >= 0.3 is 6.09 Å². The van der Waals surface area contributed by atoms with Crippen LogP contribution in [0.2, 0.25) is 0 Å². The Labute approximate surface area is 212 Å². The summed E-state index contributed by atoms with van der Waals surface area (Å²) in [7, 11) is 1.62. The van der Waals surface area contributed by atoms with Gasteiger partial charge in [-0.15, -0.1) is 0 Å². The predicted octanol–water partition coefficient (Wildman–Crippen LogP) is 4.54.